The van der Waals surface area contributed by atoms with Gasteiger partial charge in [0.1, 0.15) is 0 Å². The van der Waals surface area contributed by atoms with E-state index in [9.17, 15) is 5.26 Å². The molecule has 100 valence electrons. The minimum Gasteiger partial charge on any atom is -0.198 e. The van der Waals surface area contributed by atoms with Gasteiger partial charge in [0.15, 0.2) is 0 Å². The van der Waals surface area contributed by atoms with Crippen molar-refractivity contribution in [3.8, 4) is 6.07 Å². The third kappa shape index (κ3) is 2.57. The standard InChI is InChI=1S/C18H16ClN/c19-17-7-5-14(6-8-17)11-18(13-20)10-9-15-3-1-2-4-16(15)12-18/h1-8H,9-12H2. The van der Waals surface area contributed by atoms with Gasteiger partial charge in [-0.25, -0.2) is 0 Å². The number of nitriles is 1. The molecule has 0 amide bonds. The number of fused-ring (bicyclic) bond motifs is 1. The van der Waals surface area contributed by atoms with Gasteiger partial charge < -0.3 is 0 Å². The molecule has 0 heterocycles. The average Bonchev–Trinajstić information content (AvgIpc) is 2.49. The number of benzene rings is 2. The number of hydrogen-bond acceptors (Lipinski definition) is 1. The fourth-order valence-corrected chi connectivity index (χ4v) is 3.21. The van der Waals surface area contributed by atoms with Crippen molar-refractivity contribution in [2.45, 2.75) is 25.7 Å². The van der Waals surface area contributed by atoms with E-state index in [0.29, 0.717) is 0 Å². The van der Waals surface area contributed by atoms with Crippen molar-refractivity contribution >= 4 is 11.6 Å². The molecule has 2 heteroatoms. The number of halogens is 1. The van der Waals surface area contributed by atoms with Crippen LogP contribution in [0.15, 0.2) is 48.5 Å². The van der Waals surface area contributed by atoms with Crippen molar-refractivity contribution in [1.29, 1.82) is 5.26 Å². The summed E-state index contributed by atoms with van der Waals surface area (Å²) in [7, 11) is 0. The van der Waals surface area contributed by atoms with Crippen LogP contribution in [0.3, 0.4) is 0 Å². The fourth-order valence-electron chi connectivity index (χ4n) is 3.08. The van der Waals surface area contributed by atoms with Gasteiger partial charge in [-0.05, 0) is 54.5 Å². The van der Waals surface area contributed by atoms with Gasteiger partial charge in [0, 0.05) is 5.02 Å². The Morgan fingerprint density at radius 1 is 1.05 bits per heavy atom. The highest BCUT2D eigenvalue weighted by Gasteiger charge is 2.34. The van der Waals surface area contributed by atoms with E-state index in [-0.39, 0.29) is 5.41 Å². The second kappa shape index (κ2) is 5.31. The van der Waals surface area contributed by atoms with Crippen LogP contribution in [0, 0.1) is 16.7 Å². The summed E-state index contributed by atoms with van der Waals surface area (Å²) in [6, 6.07) is 18.9. The smallest absolute Gasteiger partial charge is 0.0696 e. The molecule has 1 atom stereocenters. The highest BCUT2D eigenvalue weighted by Crippen LogP contribution is 2.38. The van der Waals surface area contributed by atoms with E-state index in [1.54, 1.807) is 0 Å². The largest absolute Gasteiger partial charge is 0.198 e. The third-order valence-electron chi connectivity index (χ3n) is 4.21. The zero-order chi connectivity index (χ0) is 14.0. The van der Waals surface area contributed by atoms with Crippen molar-refractivity contribution < 1.29 is 0 Å². The summed E-state index contributed by atoms with van der Waals surface area (Å²) in [6.07, 6.45) is 3.58. The maximum absolute atomic E-state index is 9.71. The summed E-state index contributed by atoms with van der Waals surface area (Å²) in [4.78, 5) is 0. The van der Waals surface area contributed by atoms with E-state index in [0.717, 1.165) is 30.7 Å². The number of aryl methyl sites for hydroxylation is 1. The molecule has 2 aromatic rings. The maximum atomic E-state index is 9.71. The van der Waals surface area contributed by atoms with Crippen molar-refractivity contribution in [1.82, 2.24) is 0 Å². The molecule has 0 N–H and O–H groups in total. The van der Waals surface area contributed by atoms with E-state index in [2.05, 4.69) is 30.3 Å². The van der Waals surface area contributed by atoms with Crippen LogP contribution >= 0.6 is 11.6 Å². The van der Waals surface area contributed by atoms with Crippen LogP contribution in [0.5, 0.6) is 0 Å². The Bertz CT molecular complexity index is 654. The van der Waals surface area contributed by atoms with Gasteiger partial charge in [-0.3, -0.25) is 0 Å². The summed E-state index contributed by atoms with van der Waals surface area (Å²) in [6.45, 7) is 0. The Labute approximate surface area is 124 Å². The van der Waals surface area contributed by atoms with Gasteiger partial charge in [-0.2, -0.15) is 5.26 Å². The molecular formula is C18H16ClN. The first-order valence-electron chi connectivity index (χ1n) is 6.93. The van der Waals surface area contributed by atoms with E-state index in [1.807, 2.05) is 24.3 Å². The lowest BCUT2D eigenvalue weighted by atomic mass is 9.69. The van der Waals surface area contributed by atoms with Crippen LogP contribution in [-0.4, -0.2) is 0 Å². The van der Waals surface area contributed by atoms with Crippen molar-refractivity contribution in [2.75, 3.05) is 0 Å². The number of hydrogen-bond donors (Lipinski definition) is 0. The zero-order valence-electron chi connectivity index (χ0n) is 11.3. The Morgan fingerprint density at radius 3 is 2.45 bits per heavy atom. The van der Waals surface area contributed by atoms with E-state index in [4.69, 9.17) is 11.6 Å². The Kier molecular flexibility index (Phi) is 3.51. The molecule has 0 spiro atoms. The molecule has 20 heavy (non-hydrogen) atoms. The molecule has 2 aromatic carbocycles. The summed E-state index contributed by atoms with van der Waals surface area (Å²) in [5.41, 5.74) is 3.64. The van der Waals surface area contributed by atoms with Gasteiger partial charge in [-0.1, -0.05) is 48.0 Å². The highest BCUT2D eigenvalue weighted by molar-refractivity contribution is 6.30. The van der Waals surface area contributed by atoms with Crippen molar-refractivity contribution in [3.63, 3.8) is 0 Å². The molecule has 0 radical (unpaired) electrons. The van der Waals surface area contributed by atoms with Crippen LogP contribution in [0.25, 0.3) is 0 Å². The third-order valence-corrected chi connectivity index (χ3v) is 4.47. The van der Waals surface area contributed by atoms with Crippen LogP contribution in [0.2, 0.25) is 5.02 Å². The lowest BCUT2D eigenvalue weighted by Gasteiger charge is -2.32. The molecule has 3 rings (SSSR count). The quantitative estimate of drug-likeness (QED) is 0.790. The summed E-state index contributed by atoms with van der Waals surface area (Å²) >= 11 is 5.92. The topological polar surface area (TPSA) is 23.8 Å². The van der Waals surface area contributed by atoms with Crippen LogP contribution in [0.1, 0.15) is 23.1 Å². The molecule has 0 aromatic heterocycles. The molecule has 0 saturated carbocycles. The molecular weight excluding hydrogens is 266 g/mol. The Hall–Kier alpha value is -1.78. The van der Waals surface area contributed by atoms with E-state index in [1.165, 1.54) is 16.7 Å². The summed E-state index contributed by atoms with van der Waals surface area (Å²) in [5, 5.41) is 10.5. The molecule has 0 aliphatic heterocycles. The minimum atomic E-state index is -0.276. The zero-order valence-corrected chi connectivity index (χ0v) is 12.0. The first-order valence-corrected chi connectivity index (χ1v) is 7.31. The van der Waals surface area contributed by atoms with Gasteiger partial charge >= 0.3 is 0 Å². The maximum Gasteiger partial charge on any atom is 0.0696 e. The second-order valence-electron chi connectivity index (χ2n) is 5.64. The summed E-state index contributed by atoms with van der Waals surface area (Å²) in [5.74, 6) is 0. The van der Waals surface area contributed by atoms with Gasteiger partial charge in [0.25, 0.3) is 0 Å². The molecule has 0 fully saturated rings. The molecule has 1 aliphatic rings. The van der Waals surface area contributed by atoms with E-state index >= 15 is 0 Å². The van der Waals surface area contributed by atoms with Crippen LogP contribution in [-0.2, 0) is 19.3 Å². The number of rotatable bonds is 2. The molecule has 0 bridgehead atoms. The predicted molar refractivity (Wildman–Crippen MR) is 81.7 cm³/mol. The van der Waals surface area contributed by atoms with Gasteiger partial charge in [-0.15, -0.1) is 0 Å². The van der Waals surface area contributed by atoms with Gasteiger partial charge in [0.05, 0.1) is 11.5 Å². The monoisotopic (exact) mass is 281 g/mol. The second-order valence-corrected chi connectivity index (χ2v) is 6.08. The minimum absolute atomic E-state index is 0.276. The molecule has 1 unspecified atom stereocenters. The molecule has 1 nitrogen and oxygen atoms in total. The predicted octanol–water partition coefficient (Wildman–Crippen LogP) is 4.58. The first kappa shape index (κ1) is 13.2. The van der Waals surface area contributed by atoms with Gasteiger partial charge in [0.2, 0.25) is 0 Å². The van der Waals surface area contributed by atoms with Crippen LogP contribution in [0.4, 0.5) is 0 Å². The number of nitrogens with zero attached hydrogens (tertiary/aromatic N) is 1. The summed E-state index contributed by atoms with van der Waals surface area (Å²) < 4.78 is 0. The molecule has 0 saturated heterocycles. The fraction of sp³-hybridized carbons (Fsp3) is 0.278. The Morgan fingerprint density at radius 2 is 1.75 bits per heavy atom. The van der Waals surface area contributed by atoms with Crippen molar-refractivity contribution in [2.24, 2.45) is 5.41 Å². The SMILES string of the molecule is N#CC1(Cc2ccc(Cl)cc2)CCc2ccccc2C1. The molecule has 1 aliphatic carbocycles. The van der Waals surface area contributed by atoms with Crippen molar-refractivity contribution in [3.05, 3.63) is 70.2 Å². The highest BCUT2D eigenvalue weighted by atomic mass is 35.5. The lowest BCUT2D eigenvalue weighted by Crippen LogP contribution is -2.29. The first-order chi connectivity index (χ1) is 9.71. The Balaban J connectivity index is 1.87. The van der Waals surface area contributed by atoms with Crippen LogP contribution < -0.4 is 0 Å². The lowest BCUT2D eigenvalue weighted by molar-refractivity contribution is 0.339. The normalized spacial score (nSPS) is 21.0. The van der Waals surface area contributed by atoms with E-state index < -0.39 is 0 Å². The average molecular weight is 282 g/mol.